The van der Waals surface area contributed by atoms with E-state index in [0.29, 0.717) is 22.0 Å². The number of halogens is 2. The van der Waals surface area contributed by atoms with Crippen molar-refractivity contribution in [3.8, 4) is 0 Å². The van der Waals surface area contributed by atoms with Gasteiger partial charge in [-0.05, 0) is 30.0 Å². The summed E-state index contributed by atoms with van der Waals surface area (Å²) < 4.78 is 0. The zero-order valence-electron chi connectivity index (χ0n) is 13.4. The highest BCUT2D eigenvalue weighted by Crippen LogP contribution is 2.20. The number of carbonyl (C=O) groups is 3. The third kappa shape index (κ3) is 4.61. The zero-order valence-corrected chi connectivity index (χ0v) is 14.9. The SMILES string of the molecule is CC(C)C[C@@H]1NC(=O)N(CC(=O)NCc2ccc(Cl)cc2Cl)C1=O. The lowest BCUT2D eigenvalue weighted by molar-refractivity contribution is -0.132. The second kappa shape index (κ2) is 7.85. The Bertz CT molecular complexity index is 664. The summed E-state index contributed by atoms with van der Waals surface area (Å²) in [4.78, 5) is 37.0. The normalized spacial score (nSPS) is 17.4. The number of hydrogen-bond donors (Lipinski definition) is 2. The molecule has 1 aliphatic heterocycles. The third-order valence-corrected chi connectivity index (χ3v) is 4.19. The molecule has 0 bridgehead atoms. The van der Waals surface area contributed by atoms with E-state index < -0.39 is 18.0 Å². The van der Waals surface area contributed by atoms with Gasteiger partial charge < -0.3 is 10.6 Å². The van der Waals surface area contributed by atoms with E-state index in [0.717, 1.165) is 4.90 Å². The fourth-order valence-corrected chi connectivity index (χ4v) is 2.89. The van der Waals surface area contributed by atoms with Gasteiger partial charge in [-0.2, -0.15) is 0 Å². The zero-order chi connectivity index (χ0) is 17.9. The van der Waals surface area contributed by atoms with Gasteiger partial charge in [-0.25, -0.2) is 4.79 Å². The first-order valence-corrected chi connectivity index (χ1v) is 8.36. The van der Waals surface area contributed by atoms with Crippen LogP contribution in [-0.2, 0) is 16.1 Å². The minimum atomic E-state index is -0.559. The molecule has 2 rings (SSSR count). The van der Waals surface area contributed by atoms with Crippen molar-refractivity contribution in [2.45, 2.75) is 32.9 Å². The molecule has 0 aromatic heterocycles. The molecular formula is C16H19Cl2N3O3. The lowest BCUT2D eigenvalue weighted by Crippen LogP contribution is -2.41. The maximum Gasteiger partial charge on any atom is 0.325 e. The number of amides is 4. The largest absolute Gasteiger partial charge is 0.350 e. The van der Waals surface area contributed by atoms with Crippen LogP contribution in [0.1, 0.15) is 25.8 Å². The maximum atomic E-state index is 12.2. The summed E-state index contributed by atoms with van der Waals surface area (Å²) in [5.74, 6) is -0.539. The number of hydrogen-bond acceptors (Lipinski definition) is 3. The molecule has 8 heteroatoms. The molecule has 1 saturated heterocycles. The monoisotopic (exact) mass is 371 g/mol. The quantitative estimate of drug-likeness (QED) is 0.754. The number of benzene rings is 1. The number of nitrogens with one attached hydrogen (secondary N) is 2. The summed E-state index contributed by atoms with van der Waals surface area (Å²) in [5, 5.41) is 6.19. The number of nitrogens with zero attached hydrogens (tertiary/aromatic N) is 1. The lowest BCUT2D eigenvalue weighted by Gasteiger charge is -2.14. The fraction of sp³-hybridized carbons (Fsp3) is 0.438. The van der Waals surface area contributed by atoms with Crippen LogP contribution in [-0.4, -0.2) is 35.3 Å². The summed E-state index contributed by atoms with van der Waals surface area (Å²) in [6, 6.07) is 3.86. The number of carbonyl (C=O) groups excluding carboxylic acids is 3. The van der Waals surface area contributed by atoms with Crippen molar-refractivity contribution in [2.24, 2.45) is 5.92 Å². The predicted molar refractivity (Wildman–Crippen MR) is 91.8 cm³/mol. The molecule has 0 spiro atoms. The Hall–Kier alpha value is -1.79. The van der Waals surface area contributed by atoms with Crippen molar-refractivity contribution in [3.05, 3.63) is 33.8 Å². The molecule has 0 aliphatic carbocycles. The van der Waals surface area contributed by atoms with Gasteiger partial charge in [-0.1, -0.05) is 43.1 Å². The Balaban J connectivity index is 1.90. The van der Waals surface area contributed by atoms with Gasteiger partial charge in [0.05, 0.1) is 0 Å². The number of urea groups is 1. The Morgan fingerprint density at radius 1 is 1.33 bits per heavy atom. The Morgan fingerprint density at radius 2 is 2.04 bits per heavy atom. The van der Waals surface area contributed by atoms with Gasteiger partial charge in [0.25, 0.3) is 5.91 Å². The van der Waals surface area contributed by atoms with Gasteiger partial charge >= 0.3 is 6.03 Å². The molecule has 1 aromatic carbocycles. The first-order chi connectivity index (χ1) is 11.3. The standard InChI is InChI=1S/C16H19Cl2N3O3/c1-9(2)5-13-15(23)21(16(24)20-13)8-14(22)19-7-10-3-4-11(17)6-12(10)18/h3-4,6,9,13H,5,7-8H2,1-2H3,(H,19,22)(H,20,24)/t13-/m0/s1. The van der Waals surface area contributed by atoms with Crippen LogP contribution in [0.25, 0.3) is 0 Å². The predicted octanol–water partition coefficient (Wildman–Crippen LogP) is 2.58. The number of rotatable bonds is 6. The smallest absolute Gasteiger partial charge is 0.325 e. The van der Waals surface area contributed by atoms with Crippen LogP contribution in [0.4, 0.5) is 4.79 Å². The minimum Gasteiger partial charge on any atom is -0.350 e. The topological polar surface area (TPSA) is 78.5 Å². The molecule has 1 aliphatic rings. The molecule has 1 aromatic rings. The molecule has 0 saturated carbocycles. The molecule has 1 atom stereocenters. The van der Waals surface area contributed by atoms with Crippen LogP contribution >= 0.6 is 23.2 Å². The van der Waals surface area contributed by atoms with Gasteiger partial charge in [0.15, 0.2) is 0 Å². The summed E-state index contributed by atoms with van der Waals surface area (Å²) in [5.41, 5.74) is 0.698. The minimum absolute atomic E-state index is 0.188. The van der Waals surface area contributed by atoms with E-state index in [4.69, 9.17) is 23.2 Å². The summed E-state index contributed by atoms with van der Waals surface area (Å²) >= 11 is 11.8. The van der Waals surface area contributed by atoms with Crippen molar-refractivity contribution >= 4 is 41.0 Å². The van der Waals surface area contributed by atoms with Gasteiger partial charge in [0.1, 0.15) is 12.6 Å². The van der Waals surface area contributed by atoms with E-state index >= 15 is 0 Å². The van der Waals surface area contributed by atoms with E-state index in [1.165, 1.54) is 0 Å². The Morgan fingerprint density at radius 3 is 2.67 bits per heavy atom. The van der Waals surface area contributed by atoms with Crippen LogP contribution in [0.5, 0.6) is 0 Å². The molecule has 0 radical (unpaired) electrons. The summed E-state index contributed by atoms with van der Waals surface area (Å²) in [6.07, 6.45) is 0.545. The van der Waals surface area contributed by atoms with Crippen LogP contribution < -0.4 is 10.6 Å². The maximum absolute atomic E-state index is 12.2. The van der Waals surface area contributed by atoms with Crippen molar-refractivity contribution in [1.82, 2.24) is 15.5 Å². The molecule has 2 N–H and O–H groups in total. The molecule has 1 fully saturated rings. The van der Waals surface area contributed by atoms with Crippen LogP contribution in [0, 0.1) is 5.92 Å². The van der Waals surface area contributed by atoms with Crippen molar-refractivity contribution in [3.63, 3.8) is 0 Å². The first kappa shape index (κ1) is 18.5. The highest BCUT2D eigenvalue weighted by Gasteiger charge is 2.38. The number of imide groups is 1. The Labute approximate surface area is 150 Å². The molecule has 1 heterocycles. The van der Waals surface area contributed by atoms with Crippen molar-refractivity contribution in [1.29, 1.82) is 0 Å². The van der Waals surface area contributed by atoms with Gasteiger partial charge in [0.2, 0.25) is 5.91 Å². The van der Waals surface area contributed by atoms with Crippen LogP contribution in [0.2, 0.25) is 10.0 Å². The third-order valence-electron chi connectivity index (χ3n) is 3.61. The highest BCUT2D eigenvalue weighted by atomic mass is 35.5. The molecule has 130 valence electrons. The van der Waals surface area contributed by atoms with Crippen molar-refractivity contribution in [2.75, 3.05) is 6.54 Å². The van der Waals surface area contributed by atoms with E-state index in [2.05, 4.69) is 10.6 Å². The highest BCUT2D eigenvalue weighted by molar-refractivity contribution is 6.35. The van der Waals surface area contributed by atoms with Gasteiger partial charge in [0, 0.05) is 16.6 Å². The summed E-state index contributed by atoms with van der Waals surface area (Å²) in [6.45, 7) is 3.80. The van der Waals surface area contributed by atoms with Crippen LogP contribution in [0.3, 0.4) is 0 Å². The molecule has 6 nitrogen and oxygen atoms in total. The second-order valence-corrected chi connectivity index (χ2v) is 6.91. The molecular weight excluding hydrogens is 353 g/mol. The van der Waals surface area contributed by atoms with Gasteiger partial charge in [-0.3, -0.25) is 14.5 Å². The average Bonchev–Trinajstić information content (AvgIpc) is 2.73. The molecule has 4 amide bonds. The first-order valence-electron chi connectivity index (χ1n) is 7.60. The fourth-order valence-electron chi connectivity index (χ4n) is 2.42. The lowest BCUT2D eigenvalue weighted by atomic mass is 10.0. The molecule has 24 heavy (non-hydrogen) atoms. The van der Waals surface area contributed by atoms with Gasteiger partial charge in [-0.15, -0.1) is 0 Å². The van der Waals surface area contributed by atoms with E-state index in [1.54, 1.807) is 18.2 Å². The second-order valence-electron chi connectivity index (χ2n) is 6.07. The van der Waals surface area contributed by atoms with E-state index in [-0.39, 0.29) is 24.9 Å². The average molecular weight is 372 g/mol. The van der Waals surface area contributed by atoms with Crippen molar-refractivity contribution < 1.29 is 14.4 Å². The molecule has 0 unspecified atom stereocenters. The van der Waals surface area contributed by atoms with E-state index in [9.17, 15) is 14.4 Å². The summed E-state index contributed by atoms with van der Waals surface area (Å²) in [7, 11) is 0. The van der Waals surface area contributed by atoms with E-state index in [1.807, 2.05) is 13.8 Å². The Kier molecular flexibility index (Phi) is 6.07. The van der Waals surface area contributed by atoms with Crippen LogP contribution in [0.15, 0.2) is 18.2 Å².